The van der Waals surface area contributed by atoms with Gasteiger partial charge in [-0.05, 0) is 24.1 Å². The van der Waals surface area contributed by atoms with Crippen molar-refractivity contribution in [2.24, 2.45) is 5.92 Å². The minimum Gasteiger partial charge on any atom is -0.493 e. The highest BCUT2D eigenvalue weighted by Gasteiger charge is 2.12. The molecular weight excluding hydrogens is 232 g/mol. The number of methoxy groups -OCH3 is 1. The number of hydrogen-bond donors (Lipinski definition) is 1. The van der Waals surface area contributed by atoms with E-state index in [0.29, 0.717) is 24.0 Å². The first-order valence-corrected chi connectivity index (χ1v) is 6.16. The van der Waals surface area contributed by atoms with Crippen LogP contribution in [0, 0.1) is 5.92 Å². The summed E-state index contributed by atoms with van der Waals surface area (Å²) in [4.78, 5) is 10.9. The first-order chi connectivity index (χ1) is 8.62. The van der Waals surface area contributed by atoms with Crippen molar-refractivity contribution >= 4 is 5.97 Å². The van der Waals surface area contributed by atoms with Gasteiger partial charge in [0.2, 0.25) is 0 Å². The summed E-state index contributed by atoms with van der Waals surface area (Å²) in [5, 5.41) is 8.95. The molecule has 0 aliphatic heterocycles. The molecule has 0 saturated carbocycles. The lowest BCUT2D eigenvalue weighted by atomic mass is 10.1. The minimum absolute atomic E-state index is 0.204. The molecule has 0 radical (unpaired) electrons. The number of carboxylic acids is 1. The predicted molar refractivity (Wildman–Crippen MR) is 69.5 cm³/mol. The van der Waals surface area contributed by atoms with E-state index in [1.807, 2.05) is 0 Å². The lowest BCUT2D eigenvalue weighted by molar-refractivity contribution is 0.0696. The molecule has 0 saturated heterocycles. The van der Waals surface area contributed by atoms with Crippen LogP contribution in [-0.4, -0.2) is 24.8 Å². The zero-order chi connectivity index (χ0) is 13.5. The van der Waals surface area contributed by atoms with Gasteiger partial charge in [-0.15, -0.1) is 0 Å². The zero-order valence-electron chi connectivity index (χ0n) is 11.1. The lowest BCUT2D eigenvalue weighted by Crippen LogP contribution is -2.11. The molecule has 0 spiro atoms. The van der Waals surface area contributed by atoms with E-state index in [9.17, 15) is 4.79 Å². The SMILES string of the molecule is CCC(CC)COc1cc(C(=O)O)ccc1OC. The Morgan fingerprint density at radius 3 is 2.44 bits per heavy atom. The van der Waals surface area contributed by atoms with Crippen molar-refractivity contribution in [1.29, 1.82) is 0 Å². The fourth-order valence-electron chi connectivity index (χ4n) is 1.65. The van der Waals surface area contributed by atoms with Crippen LogP contribution in [0.2, 0.25) is 0 Å². The zero-order valence-corrected chi connectivity index (χ0v) is 11.1. The molecule has 0 bridgehead atoms. The fourth-order valence-corrected chi connectivity index (χ4v) is 1.65. The number of carbonyl (C=O) groups is 1. The average Bonchev–Trinajstić information content (AvgIpc) is 2.39. The summed E-state index contributed by atoms with van der Waals surface area (Å²) in [5.74, 6) is 0.559. The molecule has 0 fully saturated rings. The number of aromatic carboxylic acids is 1. The van der Waals surface area contributed by atoms with Gasteiger partial charge in [-0.1, -0.05) is 26.7 Å². The summed E-state index contributed by atoms with van der Waals surface area (Å²) in [6.45, 7) is 4.80. The van der Waals surface area contributed by atoms with Crippen molar-refractivity contribution in [2.75, 3.05) is 13.7 Å². The Balaban J connectivity index is 2.84. The molecule has 4 nitrogen and oxygen atoms in total. The Hall–Kier alpha value is -1.71. The van der Waals surface area contributed by atoms with E-state index in [1.54, 1.807) is 13.2 Å². The van der Waals surface area contributed by atoms with Gasteiger partial charge in [-0.25, -0.2) is 4.79 Å². The number of hydrogen-bond acceptors (Lipinski definition) is 3. The van der Waals surface area contributed by atoms with Crippen molar-refractivity contribution in [1.82, 2.24) is 0 Å². The van der Waals surface area contributed by atoms with Gasteiger partial charge < -0.3 is 14.6 Å². The number of rotatable bonds is 7. The Morgan fingerprint density at radius 2 is 1.94 bits per heavy atom. The molecule has 0 atom stereocenters. The van der Waals surface area contributed by atoms with Crippen LogP contribution in [0.3, 0.4) is 0 Å². The van der Waals surface area contributed by atoms with Gasteiger partial charge in [0.25, 0.3) is 0 Å². The predicted octanol–water partition coefficient (Wildman–Crippen LogP) is 3.21. The van der Waals surface area contributed by atoms with Gasteiger partial charge in [0.05, 0.1) is 19.3 Å². The summed E-state index contributed by atoms with van der Waals surface area (Å²) in [6, 6.07) is 4.63. The van der Waals surface area contributed by atoms with E-state index in [1.165, 1.54) is 12.1 Å². The van der Waals surface area contributed by atoms with Crippen molar-refractivity contribution in [3.8, 4) is 11.5 Å². The molecule has 0 unspecified atom stereocenters. The summed E-state index contributed by atoms with van der Waals surface area (Å²) < 4.78 is 10.8. The summed E-state index contributed by atoms with van der Waals surface area (Å²) in [7, 11) is 1.54. The monoisotopic (exact) mass is 252 g/mol. The van der Waals surface area contributed by atoms with Gasteiger partial charge in [0, 0.05) is 0 Å². The van der Waals surface area contributed by atoms with Gasteiger partial charge in [0.15, 0.2) is 11.5 Å². The largest absolute Gasteiger partial charge is 0.493 e. The Morgan fingerprint density at radius 1 is 1.28 bits per heavy atom. The number of carboxylic acid groups (broad SMARTS) is 1. The molecule has 4 heteroatoms. The molecule has 0 aliphatic carbocycles. The topological polar surface area (TPSA) is 55.8 Å². The van der Waals surface area contributed by atoms with Crippen molar-refractivity contribution in [3.05, 3.63) is 23.8 Å². The quantitative estimate of drug-likeness (QED) is 0.809. The Labute approximate surface area is 108 Å². The van der Waals surface area contributed by atoms with Gasteiger partial charge in [0.1, 0.15) is 0 Å². The number of ether oxygens (including phenoxy) is 2. The highest BCUT2D eigenvalue weighted by atomic mass is 16.5. The fraction of sp³-hybridized carbons (Fsp3) is 0.500. The first kappa shape index (κ1) is 14.4. The lowest BCUT2D eigenvalue weighted by Gasteiger charge is -2.16. The summed E-state index contributed by atoms with van der Waals surface area (Å²) in [6.07, 6.45) is 2.08. The maximum atomic E-state index is 10.9. The molecule has 1 N–H and O–H groups in total. The Bertz CT molecular complexity index is 397. The van der Waals surface area contributed by atoms with E-state index in [4.69, 9.17) is 14.6 Å². The Kier molecular flexibility index (Phi) is 5.49. The van der Waals surface area contributed by atoms with Crippen molar-refractivity contribution in [3.63, 3.8) is 0 Å². The van der Waals surface area contributed by atoms with Crippen molar-refractivity contribution < 1.29 is 19.4 Å². The number of benzene rings is 1. The third-order valence-electron chi connectivity index (χ3n) is 3.04. The van der Waals surface area contributed by atoms with Crippen LogP contribution >= 0.6 is 0 Å². The van der Waals surface area contributed by atoms with E-state index in [-0.39, 0.29) is 5.56 Å². The second-order valence-electron chi connectivity index (χ2n) is 4.16. The molecule has 1 aromatic carbocycles. The average molecular weight is 252 g/mol. The first-order valence-electron chi connectivity index (χ1n) is 6.16. The van der Waals surface area contributed by atoms with Crippen LogP contribution < -0.4 is 9.47 Å². The molecule has 1 rings (SSSR count). The second kappa shape index (κ2) is 6.89. The summed E-state index contributed by atoms with van der Waals surface area (Å²) in [5.41, 5.74) is 0.204. The van der Waals surface area contributed by atoms with Crippen molar-refractivity contribution in [2.45, 2.75) is 26.7 Å². The van der Waals surface area contributed by atoms with E-state index in [2.05, 4.69) is 13.8 Å². The highest BCUT2D eigenvalue weighted by molar-refractivity contribution is 5.88. The molecule has 0 aromatic heterocycles. The standard InChI is InChI=1S/C14H20O4/c1-4-10(5-2)9-18-13-8-11(14(15)16)6-7-12(13)17-3/h6-8,10H,4-5,9H2,1-3H3,(H,15,16). The molecule has 18 heavy (non-hydrogen) atoms. The maximum Gasteiger partial charge on any atom is 0.335 e. The van der Waals surface area contributed by atoms with Gasteiger partial charge in [-0.2, -0.15) is 0 Å². The van der Waals surface area contributed by atoms with Crippen LogP contribution in [0.25, 0.3) is 0 Å². The maximum absolute atomic E-state index is 10.9. The van der Waals surface area contributed by atoms with Crippen LogP contribution in [0.15, 0.2) is 18.2 Å². The van der Waals surface area contributed by atoms with E-state index < -0.39 is 5.97 Å². The molecule has 0 heterocycles. The normalized spacial score (nSPS) is 10.4. The highest BCUT2D eigenvalue weighted by Crippen LogP contribution is 2.28. The molecule has 100 valence electrons. The van der Waals surface area contributed by atoms with Crippen LogP contribution in [0.5, 0.6) is 11.5 Å². The summed E-state index contributed by atoms with van der Waals surface area (Å²) >= 11 is 0. The van der Waals surface area contributed by atoms with Gasteiger partial charge >= 0.3 is 5.97 Å². The molecule has 0 amide bonds. The van der Waals surface area contributed by atoms with Crippen LogP contribution in [-0.2, 0) is 0 Å². The minimum atomic E-state index is -0.968. The molecule has 0 aliphatic rings. The van der Waals surface area contributed by atoms with E-state index in [0.717, 1.165) is 12.8 Å². The van der Waals surface area contributed by atoms with Crippen LogP contribution in [0.1, 0.15) is 37.0 Å². The third-order valence-corrected chi connectivity index (χ3v) is 3.04. The van der Waals surface area contributed by atoms with Crippen LogP contribution in [0.4, 0.5) is 0 Å². The molecular formula is C14H20O4. The van der Waals surface area contributed by atoms with Gasteiger partial charge in [-0.3, -0.25) is 0 Å². The molecule has 1 aromatic rings. The smallest absolute Gasteiger partial charge is 0.335 e. The third kappa shape index (κ3) is 3.65. The van der Waals surface area contributed by atoms with E-state index >= 15 is 0 Å². The second-order valence-corrected chi connectivity index (χ2v) is 4.16.